The number of hydrogen-bond acceptors (Lipinski definition) is 4. The third-order valence-electron chi connectivity index (χ3n) is 6.34. The van der Waals surface area contributed by atoms with Gasteiger partial charge in [0.05, 0.1) is 5.38 Å². The van der Waals surface area contributed by atoms with Crippen molar-refractivity contribution in [2.45, 2.75) is 51.3 Å². The second-order valence-electron chi connectivity index (χ2n) is 10.4. The average molecular weight is 592 g/mol. The second kappa shape index (κ2) is 12.9. The molecule has 9 heteroatoms. The van der Waals surface area contributed by atoms with E-state index in [2.05, 4.69) is 17.2 Å². The highest BCUT2D eigenvalue weighted by molar-refractivity contribution is 6.31. The lowest BCUT2D eigenvalue weighted by Crippen LogP contribution is -2.50. The summed E-state index contributed by atoms with van der Waals surface area (Å²) in [7, 11) is 1.55. The number of amides is 1. The monoisotopic (exact) mass is 590 g/mol. The minimum Gasteiger partial charge on any atom is -0.444 e. The number of hydrogen-bond donors (Lipinski definition) is 2. The number of allylic oxidation sites excluding steroid dienone is 6. The molecular formula is C31H34Cl2F2N2O3. The first-order valence-corrected chi connectivity index (χ1v) is 13.6. The quantitative estimate of drug-likeness (QED) is 0.341. The van der Waals surface area contributed by atoms with Crippen molar-refractivity contribution in [2.75, 3.05) is 7.05 Å². The molecule has 214 valence electrons. The van der Waals surface area contributed by atoms with E-state index in [4.69, 9.17) is 32.7 Å². The molecule has 2 aromatic carbocycles. The smallest absolute Gasteiger partial charge is 0.278 e. The molecule has 1 aliphatic heterocycles. The van der Waals surface area contributed by atoms with Gasteiger partial charge in [0.15, 0.2) is 11.5 Å². The lowest BCUT2D eigenvalue weighted by Gasteiger charge is -2.31. The highest BCUT2D eigenvalue weighted by atomic mass is 35.5. The Hall–Kier alpha value is -3.29. The number of ether oxygens (including phenoxy) is 2. The lowest BCUT2D eigenvalue weighted by atomic mass is 9.85. The van der Waals surface area contributed by atoms with Crippen molar-refractivity contribution in [3.05, 3.63) is 101 Å². The summed E-state index contributed by atoms with van der Waals surface area (Å²) in [5.41, 5.74) is 0.615. The first kappa shape index (κ1) is 31.2. The molecule has 3 atom stereocenters. The zero-order valence-corrected chi connectivity index (χ0v) is 24.7. The molecule has 0 saturated heterocycles. The topological polar surface area (TPSA) is 59.6 Å². The van der Waals surface area contributed by atoms with Crippen LogP contribution >= 0.6 is 23.2 Å². The molecule has 0 fully saturated rings. The highest BCUT2D eigenvalue weighted by Crippen LogP contribution is 2.47. The van der Waals surface area contributed by atoms with Crippen LogP contribution in [0.1, 0.15) is 45.2 Å². The Balaban J connectivity index is 0.000000415. The molecule has 1 heterocycles. The fourth-order valence-corrected chi connectivity index (χ4v) is 4.40. The number of carbonyl (C=O) groups is 1. The number of fused-ring (bicyclic) bond motifs is 1. The van der Waals surface area contributed by atoms with Gasteiger partial charge in [-0.3, -0.25) is 4.79 Å². The van der Waals surface area contributed by atoms with E-state index < -0.39 is 23.1 Å². The summed E-state index contributed by atoms with van der Waals surface area (Å²) in [6.45, 7) is 11.5. The molecule has 3 unspecified atom stereocenters. The molecule has 0 bridgehead atoms. The van der Waals surface area contributed by atoms with E-state index in [1.165, 1.54) is 24.3 Å². The molecule has 1 amide bonds. The van der Waals surface area contributed by atoms with Crippen LogP contribution < -0.4 is 20.1 Å². The number of rotatable bonds is 6. The number of likely N-dealkylation sites (N-methyl/N-ethyl adjacent to an activating group) is 1. The number of nitrogens with one attached hydrogen (secondary N) is 2. The number of halogens is 4. The SMILES string of the molecule is C=C(NC(C(=O)NC)C(C)(C)C)c1cc2c(cc1F)OC(CC)(c1ccc(F)cc1)O2.ClC1=CC=CC(Cl)C=C1. The van der Waals surface area contributed by atoms with Crippen LogP contribution in [-0.2, 0) is 10.6 Å². The minimum atomic E-state index is -1.17. The number of alkyl halides is 1. The Kier molecular flexibility index (Phi) is 10.1. The van der Waals surface area contributed by atoms with Crippen molar-refractivity contribution in [2.24, 2.45) is 5.41 Å². The van der Waals surface area contributed by atoms with Crippen LogP contribution in [0.5, 0.6) is 11.5 Å². The molecule has 0 aromatic heterocycles. The summed E-state index contributed by atoms with van der Waals surface area (Å²) in [6.07, 6.45) is 9.57. The van der Waals surface area contributed by atoms with Crippen molar-refractivity contribution < 1.29 is 23.0 Å². The van der Waals surface area contributed by atoms with Crippen LogP contribution in [-0.4, -0.2) is 24.4 Å². The van der Waals surface area contributed by atoms with Crippen LogP contribution in [0.3, 0.4) is 0 Å². The Morgan fingerprint density at radius 1 is 1.12 bits per heavy atom. The lowest BCUT2D eigenvalue weighted by molar-refractivity contribution is -0.124. The highest BCUT2D eigenvalue weighted by Gasteiger charge is 2.43. The van der Waals surface area contributed by atoms with Gasteiger partial charge in [-0.05, 0) is 47.9 Å². The van der Waals surface area contributed by atoms with Gasteiger partial charge in [0.25, 0.3) is 5.79 Å². The Morgan fingerprint density at radius 3 is 2.33 bits per heavy atom. The fraction of sp³-hybridized carbons (Fsp3) is 0.323. The molecule has 0 spiro atoms. The molecule has 1 aliphatic carbocycles. The number of carbonyl (C=O) groups excluding carboxylic acids is 1. The van der Waals surface area contributed by atoms with Crippen LogP contribution in [0.15, 0.2) is 78.4 Å². The van der Waals surface area contributed by atoms with E-state index in [9.17, 15) is 13.6 Å². The molecule has 2 N–H and O–H groups in total. The largest absolute Gasteiger partial charge is 0.444 e. The third kappa shape index (κ3) is 7.46. The molecule has 40 heavy (non-hydrogen) atoms. The van der Waals surface area contributed by atoms with E-state index in [0.717, 1.165) is 5.03 Å². The van der Waals surface area contributed by atoms with Gasteiger partial charge in [0.2, 0.25) is 5.91 Å². The minimum absolute atomic E-state index is 0.0162. The average Bonchev–Trinajstić information content (AvgIpc) is 3.17. The molecule has 5 nitrogen and oxygen atoms in total. The van der Waals surface area contributed by atoms with E-state index >= 15 is 0 Å². The summed E-state index contributed by atoms with van der Waals surface area (Å²) < 4.78 is 40.4. The van der Waals surface area contributed by atoms with E-state index in [-0.39, 0.29) is 34.1 Å². The summed E-state index contributed by atoms with van der Waals surface area (Å²) in [4.78, 5) is 12.3. The van der Waals surface area contributed by atoms with Crippen molar-refractivity contribution in [1.29, 1.82) is 0 Å². The maximum atomic E-state index is 14.9. The molecule has 2 aliphatic rings. The van der Waals surface area contributed by atoms with Gasteiger partial charge in [0, 0.05) is 41.4 Å². The van der Waals surface area contributed by atoms with E-state index in [0.29, 0.717) is 17.7 Å². The van der Waals surface area contributed by atoms with Gasteiger partial charge in [0.1, 0.15) is 17.7 Å². The Labute approximate surface area is 244 Å². The van der Waals surface area contributed by atoms with Crippen LogP contribution in [0.25, 0.3) is 5.70 Å². The summed E-state index contributed by atoms with van der Waals surface area (Å²) in [5, 5.41) is 6.36. The van der Waals surface area contributed by atoms with Crippen LogP contribution in [0.2, 0.25) is 0 Å². The maximum Gasteiger partial charge on any atom is 0.278 e. The zero-order chi connectivity index (χ0) is 29.7. The van der Waals surface area contributed by atoms with Gasteiger partial charge in [-0.15, -0.1) is 11.6 Å². The Bertz CT molecular complexity index is 1330. The standard InChI is InChI=1S/C24H28F2N2O3.C7H6Cl2/c1-7-24(15-8-10-16(25)11-9-15)30-19-12-17(18(26)13-20(19)31-24)14(2)28-21(22(29)27-6)23(3,4)5;8-6-2-1-3-7(9)5-4-6/h8-13,21,28H,2,7H2,1,3-6H3,(H,27,29);1-6H. The van der Waals surface area contributed by atoms with Crippen LogP contribution in [0.4, 0.5) is 8.78 Å². The predicted molar refractivity (Wildman–Crippen MR) is 157 cm³/mol. The second-order valence-corrected chi connectivity index (χ2v) is 11.3. The van der Waals surface area contributed by atoms with Crippen molar-refractivity contribution >= 4 is 34.8 Å². The summed E-state index contributed by atoms with van der Waals surface area (Å²) >= 11 is 11.4. The molecular weight excluding hydrogens is 557 g/mol. The van der Waals surface area contributed by atoms with Gasteiger partial charge >= 0.3 is 0 Å². The molecule has 0 radical (unpaired) electrons. The van der Waals surface area contributed by atoms with Crippen molar-refractivity contribution in [3.63, 3.8) is 0 Å². The van der Waals surface area contributed by atoms with E-state index in [1.807, 2.05) is 45.9 Å². The van der Waals surface area contributed by atoms with Gasteiger partial charge in [-0.1, -0.05) is 64.1 Å². The summed E-state index contributed by atoms with van der Waals surface area (Å²) in [5.74, 6) is -1.74. The fourth-order valence-electron chi connectivity index (χ4n) is 4.10. The molecule has 4 rings (SSSR count). The maximum absolute atomic E-state index is 14.9. The first-order chi connectivity index (χ1) is 18.8. The van der Waals surface area contributed by atoms with Gasteiger partial charge in [-0.25, -0.2) is 8.78 Å². The van der Waals surface area contributed by atoms with Crippen LogP contribution in [0, 0.1) is 17.0 Å². The van der Waals surface area contributed by atoms with Gasteiger partial charge in [-0.2, -0.15) is 0 Å². The normalized spacial score (nSPS) is 20.0. The number of benzene rings is 2. The first-order valence-electron chi connectivity index (χ1n) is 12.8. The van der Waals surface area contributed by atoms with Crippen molar-refractivity contribution in [1.82, 2.24) is 10.6 Å². The molecule has 2 aromatic rings. The zero-order valence-electron chi connectivity index (χ0n) is 23.2. The van der Waals surface area contributed by atoms with E-state index in [1.54, 1.807) is 31.3 Å². The summed E-state index contributed by atoms with van der Waals surface area (Å²) in [6, 6.07) is 7.94. The third-order valence-corrected chi connectivity index (χ3v) is 6.88. The Morgan fingerprint density at radius 2 is 1.75 bits per heavy atom. The predicted octanol–water partition coefficient (Wildman–Crippen LogP) is 7.56. The molecule has 0 saturated carbocycles. The van der Waals surface area contributed by atoms with Crippen molar-refractivity contribution in [3.8, 4) is 11.5 Å². The van der Waals surface area contributed by atoms with Gasteiger partial charge < -0.3 is 20.1 Å².